The van der Waals surface area contributed by atoms with E-state index < -0.39 is 5.41 Å². The maximum absolute atomic E-state index is 12.7. The second-order valence-electron chi connectivity index (χ2n) is 7.52. The van der Waals surface area contributed by atoms with Gasteiger partial charge >= 0.3 is 0 Å². The lowest BCUT2D eigenvalue weighted by Gasteiger charge is -2.23. The molecule has 6 nitrogen and oxygen atoms in total. The van der Waals surface area contributed by atoms with Crippen LogP contribution in [0.25, 0.3) is 0 Å². The van der Waals surface area contributed by atoms with Crippen LogP contribution >= 0.6 is 0 Å². The molecule has 0 aliphatic rings. The second-order valence-corrected chi connectivity index (χ2v) is 7.52. The Balaban J connectivity index is 1.96. The Kier molecular flexibility index (Phi) is 7.26. The van der Waals surface area contributed by atoms with Gasteiger partial charge in [-0.25, -0.2) is 0 Å². The first-order valence-electron chi connectivity index (χ1n) is 9.57. The molecule has 2 rings (SSSR count). The number of hydrogen-bond acceptors (Lipinski definition) is 4. The summed E-state index contributed by atoms with van der Waals surface area (Å²) in [5.74, 6) is 0.643. The Morgan fingerprint density at radius 2 is 1.66 bits per heavy atom. The maximum Gasteiger partial charge on any atom is 0.239 e. The van der Waals surface area contributed by atoms with Crippen molar-refractivity contribution >= 4 is 17.5 Å². The molecule has 29 heavy (non-hydrogen) atoms. The highest BCUT2D eigenvalue weighted by Crippen LogP contribution is 2.27. The van der Waals surface area contributed by atoms with Crippen LogP contribution in [0.2, 0.25) is 0 Å². The van der Waals surface area contributed by atoms with Gasteiger partial charge in [-0.2, -0.15) is 0 Å². The number of methoxy groups -OCH3 is 2. The van der Waals surface area contributed by atoms with Crippen molar-refractivity contribution in [3.05, 3.63) is 53.1 Å². The van der Waals surface area contributed by atoms with Gasteiger partial charge in [0.15, 0.2) is 11.5 Å². The molecule has 0 aromatic heterocycles. The molecule has 0 unspecified atom stereocenters. The van der Waals surface area contributed by atoms with E-state index in [4.69, 9.17) is 9.47 Å². The minimum absolute atomic E-state index is 0.319. The lowest BCUT2D eigenvalue weighted by Crippen LogP contribution is -2.45. The van der Waals surface area contributed by atoms with E-state index in [1.807, 2.05) is 50.2 Å². The average molecular weight is 399 g/mol. The zero-order chi connectivity index (χ0) is 21.6. The molecule has 0 radical (unpaired) electrons. The number of amides is 2. The first-order valence-corrected chi connectivity index (χ1v) is 9.57. The van der Waals surface area contributed by atoms with Crippen LogP contribution in [0.3, 0.4) is 0 Å². The Morgan fingerprint density at radius 1 is 0.966 bits per heavy atom. The van der Waals surface area contributed by atoms with Crippen molar-refractivity contribution in [3.8, 4) is 11.5 Å². The van der Waals surface area contributed by atoms with Crippen LogP contribution in [0, 0.1) is 19.3 Å². The van der Waals surface area contributed by atoms with E-state index in [9.17, 15) is 9.59 Å². The van der Waals surface area contributed by atoms with Gasteiger partial charge in [0, 0.05) is 12.2 Å². The van der Waals surface area contributed by atoms with E-state index in [0.717, 1.165) is 22.4 Å². The predicted molar refractivity (Wildman–Crippen MR) is 115 cm³/mol. The summed E-state index contributed by atoms with van der Waals surface area (Å²) in [6.07, 6.45) is 0.612. The first kappa shape index (κ1) is 22.3. The highest BCUT2D eigenvalue weighted by Gasteiger charge is 2.36. The number of nitrogens with one attached hydrogen (secondary N) is 2. The molecule has 0 aliphatic heterocycles. The molecule has 0 aliphatic carbocycles. The highest BCUT2D eigenvalue weighted by atomic mass is 16.5. The van der Waals surface area contributed by atoms with Crippen molar-refractivity contribution in [1.29, 1.82) is 0 Å². The third-order valence-corrected chi connectivity index (χ3v) is 5.14. The molecule has 0 spiro atoms. The van der Waals surface area contributed by atoms with Crippen molar-refractivity contribution in [2.75, 3.05) is 26.1 Å². The molecule has 2 N–H and O–H groups in total. The molecule has 2 amide bonds. The molecule has 2 aromatic carbocycles. The average Bonchev–Trinajstić information content (AvgIpc) is 2.70. The molecule has 156 valence electrons. The van der Waals surface area contributed by atoms with Crippen LogP contribution in [0.4, 0.5) is 5.69 Å². The molecule has 2 aromatic rings. The third kappa shape index (κ3) is 5.28. The van der Waals surface area contributed by atoms with E-state index in [2.05, 4.69) is 10.6 Å². The van der Waals surface area contributed by atoms with Gasteiger partial charge in [0.2, 0.25) is 11.8 Å². The minimum Gasteiger partial charge on any atom is -0.493 e. The molecule has 6 heteroatoms. The summed E-state index contributed by atoms with van der Waals surface area (Å²) < 4.78 is 10.5. The van der Waals surface area contributed by atoms with Crippen LogP contribution in [-0.4, -0.2) is 32.6 Å². The number of aryl methyl sites for hydroxylation is 1. The summed E-state index contributed by atoms with van der Waals surface area (Å²) in [6, 6.07) is 11.3. The first-order chi connectivity index (χ1) is 13.7. The summed E-state index contributed by atoms with van der Waals surface area (Å²) in [7, 11) is 3.17. The number of anilines is 1. The van der Waals surface area contributed by atoms with Gasteiger partial charge in [-0.15, -0.1) is 0 Å². The van der Waals surface area contributed by atoms with E-state index >= 15 is 0 Å². The largest absolute Gasteiger partial charge is 0.493 e. The smallest absolute Gasteiger partial charge is 0.239 e. The van der Waals surface area contributed by atoms with Crippen molar-refractivity contribution in [3.63, 3.8) is 0 Å². The highest BCUT2D eigenvalue weighted by molar-refractivity contribution is 6.10. The predicted octanol–water partition coefficient (Wildman–Crippen LogP) is 3.64. The number of carbonyl (C=O) groups excluding carboxylic acids is 2. The molecule has 0 fully saturated rings. The fourth-order valence-corrected chi connectivity index (χ4v) is 2.85. The molecule has 0 saturated heterocycles. The Morgan fingerprint density at radius 3 is 2.31 bits per heavy atom. The summed E-state index contributed by atoms with van der Waals surface area (Å²) in [6.45, 7) is 7.59. The Bertz CT molecular complexity index is 890. The SMILES string of the molecule is COc1ccc(CCNC(=O)C(C)(C)C(=O)Nc2cccc(C)c2C)cc1OC. The van der Waals surface area contributed by atoms with Crippen molar-refractivity contribution in [2.45, 2.75) is 34.1 Å². The molecule has 0 bridgehead atoms. The maximum atomic E-state index is 12.7. The van der Waals surface area contributed by atoms with Crippen LogP contribution < -0.4 is 20.1 Å². The lowest BCUT2D eigenvalue weighted by atomic mass is 9.90. The van der Waals surface area contributed by atoms with Gasteiger partial charge < -0.3 is 20.1 Å². The summed E-state index contributed by atoms with van der Waals surface area (Å²) >= 11 is 0. The molecule has 0 atom stereocenters. The number of benzene rings is 2. The lowest BCUT2D eigenvalue weighted by molar-refractivity contribution is -0.138. The fourth-order valence-electron chi connectivity index (χ4n) is 2.85. The van der Waals surface area contributed by atoms with Gasteiger partial charge in [-0.3, -0.25) is 9.59 Å². The Labute approximate surface area is 172 Å². The number of carbonyl (C=O) groups is 2. The quantitative estimate of drug-likeness (QED) is 0.666. The monoisotopic (exact) mass is 398 g/mol. The van der Waals surface area contributed by atoms with E-state index in [1.54, 1.807) is 28.1 Å². The topological polar surface area (TPSA) is 76.7 Å². The zero-order valence-corrected chi connectivity index (χ0v) is 18.0. The Hall–Kier alpha value is -3.02. The molecular formula is C23H30N2O4. The number of hydrogen-bond donors (Lipinski definition) is 2. The zero-order valence-electron chi connectivity index (χ0n) is 18.0. The number of rotatable bonds is 8. The van der Waals surface area contributed by atoms with E-state index in [0.29, 0.717) is 24.5 Å². The summed E-state index contributed by atoms with van der Waals surface area (Å²) in [5.41, 5.74) is 2.60. The molecular weight excluding hydrogens is 368 g/mol. The van der Waals surface area contributed by atoms with Crippen LogP contribution in [0.15, 0.2) is 36.4 Å². The van der Waals surface area contributed by atoms with Crippen molar-refractivity contribution < 1.29 is 19.1 Å². The second kappa shape index (κ2) is 9.45. The number of ether oxygens (including phenoxy) is 2. The third-order valence-electron chi connectivity index (χ3n) is 5.14. The van der Waals surface area contributed by atoms with Gasteiger partial charge in [-0.1, -0.05) is 18.2 Å². The normalized spacial score (nSPS) is 11.0. The van der Waals surface area contributed by atoms with Crippen LogP contribution in [0.1, 0.15) is 30.5 Å². The summed E-state index contributed by atoms with van der Waals surface area (Å²) in [4.78, 5) is 25.4. The molecule has 0 heterocycles. The van der Waals surface area contributed by atoms with Crippen LogP contribution in [0.5, 0.6) is 11.5 Å². The van der Waals surface area contributed by atoms with Gasteiger partial charge in [0.05, 0.1) is 14.2 Å². The minimum atomic E-state index is -1.20. The van der Waals surface area contributed by atoms with Gasteiger partial charge in [0.25, 0.3) is 0 Å². The standard InChI is InChI=1S/C23H30N2O4/c1-15-8-7-9-18(16(15)2)25-22(27)23(3,4)21(26)24-13-12-17-10-11-19(28-5)20(14-17)29-6/h7-11,14H,12-13H2,1-6H3,(H,24,26)(H,25,27). The van der Waals surface area contributed by atoms with E-state index in [-0.39, 0.29) is 11.8 Å². The fraction of sp³-hybridized carbons (Fsp3) is 0.391. The summed E-state index contributed by atoms with van der Waals surface area (Å²) in [5, 5.41) is 5.74. The van der Waals surface area contributed by atoms with Crippen molar-refractivity contribution in [1.82, 2.24) is 5.32 Å². The van der Waals surface area contributed by atoms with Gasteiger partial charge in [-0.05, 0) is 69.0 Å². The van der Waals surface area contributed by atoms with Crippen molar-refractivity contribution in [2.24, 2.45) is 5.41 Å². The van der Waals surface area contributed by atoms with Crippen LogP contribution in [-0.2, 0) is 16.0 Å². The van der Waals surface area contributed by atoms with Gasteiger partial charge in [0.1, 0.15) is 5.41 Å². The van der Waals surface area contributed by atoms with E-state index in [1.165, 1.54) is 0 Å². The molecule has 0 saturated carbocycles.